The summed E-state index contributed by atoms with van der Waals surface area (Å²) < 4.78 is 4.99. The van der Waals surface area contributed by atoms with Gasteiger partial charge in [-0.15, -0.1) is 0 Å². The topological polar surface area (TPSA) is 52.1 Å². The Kier molecular flexibility index (Phi) is 4.30. The van der Waals surface area contributed by atoms with Crippen LogP contribution in [0.4, 0.5) is 0 Å². The predicted molar refractivity (Wildman–Crippen MR) is 70.1 cm³/mol. The van der Waals surface area contributed by atoms with E-state index in [-0.39, 0.29) is 5.78 Å². The SMILES string of the molecule is COc1cccc(C(=O)CSc2ccccn2)n1. The second kappa shape index (κ2) is 6.16. The number of hydrogen-bond acceptors (Lipinski definition) is 5. The summed E-state index contributed by atoms with van der Waals surface area (Å²) in [5.41, 5.74) is 0.415. The Hall–Kier alpha value is -1.88. The third-order valence-electron chi connectivity index (χ3n) is 2.21. The highest BCUT2D eigenvalue weighted by Gasteiger charge is 2.09. The number of Topliss-reactive ketones (excluding diaryl/α,β-unsaturated/α-hetero) is 1. The van der Waals surface area contributed by atoms with E-state index in [1.54, 1.807) is 24.4 Å². The molecule has 0 spiro atoms. The monoisotopic (exact) mass is 260 g/mol. The Morgan fingerprint density at radius 2 is 2.17 bits per heavy atom. The van der Waals surface area contributed by atoms with Crippen molar-refractivity contribution in [2.75, 3.05) is 12.9 Å². The van der Waals surface area contributed by atoms with Crippen LogP contribution in [0, 0.1) is 0 Å². The van der Waals surface area contributed by atoms with Gasteiger partial charge in [0, 0.05) is 12.3 Å². The van der Waals surface area contributed by atoms with Gasteiger partial charge in [0.1, 0.15) is 5.69 Å². The van der Waals surface area contributed by atoms with Crippen LogP contribution < -0.4 is 4.74 Å². The maximum Gasteiger partial charge on any atom is 0.213 e. The zero-order valence-corrected chi connectivity index (χ0v) is 10.7. The van der Waals surface area contributed by atoms with Crippen LogP contribution in [-0.2, 0) is 0 Å². The zero-order valence-electron chi connectivity index (χ0n) is 9.87. The first kappa shape index (κ1) is 12.6. The van der Waals surface area contributed by atoms with Gasteiger partial charge in [-0.25, -0.2) is 9.97 Å². The number of carbonyl (C=O) groups excluding carboxylic acids is 1. The molecule has 0 amide bonds. The largest absolute Gasteiger partial charge is 0.481 e. The predicted octanol–water partition coefficient (Wildman–Crippen LogP) is 2.46. The Morgan fingerprint density at radius 3 is 2.89 bits per heavy atom. The van der Waals surface area contributed by atoms with E-state index in [1.165, 1.54) is 18.9 Å². The molecule has 2 aromatic heterocycles. The summed E-state index contributed by atoms with van der Waals surface area (Å²) >= 11 is 1.40. The minimum Gasteiger partial charge on any atom is -0.481 e. The Morgan fingerprint density at radius 1 is 1.28 bits per heavy atom. The lowest BCUT2D eigenvalue weighted by atomic mass is 10.3. The summed E-state index contributed by atoms with van der Waals surface area (Å²) in [4.78, 5) is 20.2. The molecule has 18 heavy (non-hydrogen) atoms. The van der Waals surface area contributed by atoms with Crippen LogP contribution in [0.25, 0.3) is 0 Å². The lowest BCUT2D eigenvalue weighted by molar-refractivity contribution is 0.101. The molecule has 0 N–H and O–H groups in total. The van der Waals surface area contributed by atoms with Crippen molar-refractivity contribution < 1.29 is 9.53 Å². The Balaban J connectivity index is 1.99. The summed E-state index contributed by atoms with van der Waals surface area (Å²) in [5.74, 6) is 0.727. The zero-order chi connectivity index (χ0) is 12.8. The highest BCUT2D eigenvalue weighted by Crippen LogP contribution is 2.16. The molecule has 0 fully saturated rings. The van der Waals surface area contributed by atoms with E-state index in [1.807, 2.05) is 18.2 Å². The molecule has 92 valence electrons. The quantitative estimate of drug-likeness (QED) is 0.610. The Bertz CT molecular complexity index is 532. The second-order valence-corrected chi connectivity index (χ2v) is 4.44. The number of aromatic nitrogens is 2. The molecule has 2 heterocycles. The molecule has 4 nitrogen and oxygen atoms in total. The molecular weight excluding hydrogens is 248 g/mol. The molecule has 0 saturated heterocycles. The van der Waals surface area contributed by atoms with Gasteiger partial charge < -0.3 is 4.74 Å². The van der Waals surface area contributed by atoms with Gasteiger partial charge >= 0.3 is 0 Å². The smallest absolute Gasteiger partial charge is 0.213 e. The Labute approximate surface area is 109 Å². The van der Waals surface area contributed by atoms with Crippen molar-refractivity contribution in [3.63, 3.8) is 0 Å². The van der Waals surface area contributed by atoms with Crippen LogP contribution in [-0.4, -0.2) is 28.6 Å². The van der Waals surface area contributed by atoms with Gasteiger partial charge in [0.2, 0.25) is 5.88 Å². The second-order valence-electron chi connectivity index (χ2n) is 3.45. The van der Waals surface area contributed by atoms with E-state index in [2.05, 4.69) is 9.97 Å². The first-order valence-corrected chi connectivity index (χ1v) is 6.36. The number of hydrogen-bond donors (Lipinski definition) is 0. The summed E-state index contributed by atoms with van der Waals surface area (Å²) in [6, 6.07) is 10.8. The van der Waals surface area contributed by atoms with Gasteiger partial charge in [-0.3, -0.25) is 4.79 Å². The van der Waals surface area contributed by atoms with Crippen molar-refractivity contribution >= 4 is 17.5 Å². The molecule has 0 bridgehead atoms. The molecule has 2 rings (SSSR count). The van der Waals surface area contributed by atoms with Crippen LogP contribution in [0.15, 0.2) is 47.6 Å². The van der Waals surface area contributed by atoms with Gasteiger partial charge in [0.05, 0.1) is 17.9 Å². The van der Waals surface area contributed by atoms with Crippen LogP contribution in [0.5, 0.6) is 5.88 Å². The summed E-state index contributed by atoms with van der Waals surface area (Å²) in [6.45, 7) is 0. The summed E-state index contributed by atoms with van der Waals surface area (Å²) in [6.07, 6.45) is 1.70. The van der Waals surface area contributed by atoms with E-state index in [9.17, 15) is 4.79 Å². The minimum atomic E-state index is -0.0375. The maximum atomic E-state index is 11.9. The van der Waals surface area contributed by atoms with Gasteiger partial charge in [0.15, 0.2) is 5.78 Å². The average molecular weight is 260 g/mol. The number of pyridine rings is 2. The molecule has 5 heteroatoms. The highest BCUT2D eigenvalue weighted by molar-refractivity contribution is 7.99. The number of nitrogens with zero attached hydrogens (tertiary/aromatic N) is 2. The van der Waals surface area contributed by atoms with Gasteiger partial charge in [-0.05, 0) is 18.2 Å². The number of methoxy groups -OCH3 is 1. The number of ether oxygens (including phenoxy) is 1. The third-order valence-corrected chi connectivity index (χ3v) is 3.15. The molecule has 0 aliphatic carbocycles. The average Bonchev–Trinajstić information content (AvgIpc) is 2.46. The van der Waals surface area contributed by atoms with E-state index < -0.39 is 0 Å². The number of thioether (sulfide) groups is 1. The van der Waals surface area contributed by atoms with Crippen molar-refractivity contribution in [1.29, 1.82) is 0 Å². The first-order valence-electron chi connectivity index (χ1n) is 5.37. The van der Waals surface area contributed by atoms with Crippen molar-refractivity contribution in [2.24, 2.45) is 0 Å². The lowest BCUT2D eigenvalue weighted by Gasteiger charge is -2.02. The first-order chi connectivity index (χ1) is 8.79. The van der Waals surface area contributed by atoms with Gasteiger partial charge in [-0.2, -0.15) is 0 Å². The van der Waals surface area contributed by atoms with Crippen LogP contribution in [0.1, 0.15) is 10.5 Å². The van der Waals surface area contributed by atoms with Crippen molar-refractivity contribution in [3.8, 4) is 5.88 Å². The molecular formula is C13H12N2O2S. The fraction of sp³-hybridized carbons (Fsp3) is 0.154. The molecule has 0 aliphatic rings. The van der Waals surface area contributed by atoms with Crippen molar-refractivity contribution in [3.05, 3.63) is 48.3 Å². The van der Waals surface area contributed by atoms with Crippen molar-refractivity contribution in [1.82, 2.24) is 9.97 Å². The van der Waals surface area contributed by atoms with E-state index >= 15 is 0 Å². The van der Waals surface area contributed by atoms with Gasteiger partial charge in [0.25, 0.3) is 0 Å². The summed E-state index contributed by atoms with van der Waals surface area (Å²) in [7, 11) is 1.53. The third kappa shape index (κ3) is 3.30. The normalized spacial score (nSPS) is 10.1. The molecule has 2 aromatic rings. The molecule has 0 atom stereocenters. The van der Waals surface area contributed by atoms with E-state index in [0.717, 1.165) is 5.03 Å². The van der Waals surface area contributed by atoms with Crippen LogP contribution in [0.3, 0.4) is 0 Å². The fourth-order valence-corrected chi connectivity index (χ4v) is 2.07. The molecule has 0 radical (unpaired) electrons. The fourth-order valence-electron chi connectivity index (χ4n) is 1.33. The van der Waals surface area contributed by atoms with E-state index in [4.69, 9.17) is 4.74 Å². The van der Waals surface area contributed by atoms with Gasteiger partial charge in [-0.1, -0.05) is 23.9 Å². The summed E-state index contributed by atoms with van der Waals surface area (Å²) in [5, 5.41) is 0.828. The molecule has 0 unspecified atom stereocenters. The molecule has 0 aromatic carbocycles. The highest BCUT2D eigenvalue weighted by atomic mass is 32.2. The maximum absolute atomic E-state index is 11.9. The van der Waals surface area contributed by atoms with E-state index in [0.29, 0.717) is 17.3 Å². The van der Waals surface area contributed by atoms with Crippen molar-refractivity contribution in [2.45, 2.75) is 5.03 Å². The number of carbonyl (C=O) groups is 1. The van der Waals surface area contributed by atoms with Crippen LogP contribution >= 0.6 is 11.8 Å². The van der Waals surface area contributed by atoms with Crippen LogP contribution in [0.2, 0.25) is 0 Å². The minimum absolute atomic E-state index is 0.0375. The number of ketones is 1. The number of rotatable bonds is 5. The molecule has 0 saturated carbocycles. The molecule has 0 aliphatic heterocycles. The standard InChI is InChI=1S/C13H12N2O2S/c1-17-12-6-4-5-10(15-12)11(16)9-18-13-7-2-3-8-14-13/h2-8H,9H2,1H3. The lowest BCUT2D eigenvalue weighted by Crippen LogP contribution is -2.05.